The summed E-state index contributed by atoms with van der Waals surface area (Å²) in [5, 5.41) is 11.5. The third-order valence-electron chi connectivity index (χ3n) is 2.69. The molecule has 0 fully saturated rings. The number of ether oxygens (including phenoxy) is 2. The normalized spacial score (nSPS) is 14.4. The molecule has 0 spiro atoms. The van der Waals surface area contributed by atoms with Crippen molar-refractivity contribution in [2.75, 3.05) is 18.5 Å². The Bertz CT molecular complexity index is 493. The summed E-state index contributed by atoms with van der Waals surface area (Å²) in [5.41, 5.74) is 0.609. The summed E-state index contributed by atoms with van der Waals surface area (Å²) in [5.74, 6) is 0.366. The van der Waals surface area contributed by atoms with Gasteiger partial charge < -0.3 is 14.8 Å². The summed E-state index contributed by atoms with van der Waals surface area (Å²) >= 11 is 0. The second-order valence-corrected chi connectivity index (χ2v) is 3.94. The van der Waals surface area contributed by atoms with Crippen molar-refractivity contribution in [2.45, 2.75) is 13.3 Å². The molecule has 0 bridgehead atoms. The van der Waals surface area contributed by atoms with E-state index in [9.17, 15) is 4.79 Å². The van der Waals surface area contributed by atoms with Crippen LogP contribution in [0.1, 0.15) is 13.3 Å². The second kappa shape index (κ2) is 5.41. The van der Waals surface area contributed by atoms with Crippen LogP contribution in [0.3, 0.4) is 0 Å². The number of anilines is 1. The number of carbonyl (C=O) groups is 1. The van der Waals surface area contributed by atoms with E-state index in [1.54, 1.807) is 25.1 Å². The maximum atomic E-state index is 11.7. The molecule has 1 aromatic carbocycles. The van der Waals surface area contributed by atoms with E-state index in [4.69, 9.17) is 14.7 Å². The topological polar surface area (TPSA) is 71.4 Å². The average molecular weight is 246 g/mol. The summed E-state index contributed by atoms with van der Waals surface area (Å²) in [4.78, 5) is 11.7. The van der Waals surface area contributed by atoms with Gasteiger partial charge in [-0.15, -0.1) is 0 Å². The molecular weight excluding hydrogens is 232 g/mol. The van der Waals surface area contributed by atoms with E-state index in [1.165, 1.54) is 0 Å². The van der Waals surface area contributed by atoms with Crippen LogP contribution in [0.5, 0.6) is 11.5 Å². The predicted octanol–water partition coefficient (Wildman–Crippen LogP) is 1.95. The molecule has 1 amide bonds. The number of hydrogen-bond donors (Lipinski definition) is 1. The molecule has 1 unspecified atom stereocenters. The Labute approximate surface area is 105 Å². The van der Waals surface area contributed by atoms with Gasteiger partial charge in [0.1, 0.15) is 19.1 Å². The standard InChI is InChI=1S/C13H14N2O3/c1-2-9(8-14)13(16)15-10-3-4-11-12(7-10)18-6-5-17-11/h3-4,7,9H,2,5-6H2,1H3,(H,15,16). The first kappa shape index (κ1) is 12.2. The molecule has 1 atom stereocenters. The zero-order chi connectivity index (χ0) is 13.0. The molecule has 1 aromatic rings. The van der Waals surface area contributed by atoms with Crippen LogP contribution in [0.2, 0.25) is 0 Å². The fraction of sp³-hybridized carbons (Fsp3) is 0.385. The van der Waals surface area contributed by atoms with Crippen LogP contribution >= 0.6 is 0 Å². The first-order valence-corrected chi connectivity index (χ1v) is 5.84. The monoisotopic (exact) mass is 246 g/mol. The summed E-state index contributed by atoms with van der Waals surface area (Å²) in [6, 6.07) is 7.15. The van der Waals surface area contributed by atoms with Crippen LogP contribution in [0.4, 0.5) is 5.69 Å². The van der Waals surface area contributed by atoms with Crippen molar-refractivity contribution in [1.82, 2.24) is 0 Å². The highest BCUT2D eigenvalue weighted by atomic mass is 16.6. The van der Waals surface area contributed by atoms with Crippen molar-refractivity contribution in [3.05, 3.63) is 18.2 Å². The van der Waals surface area contributed by atoms with Gasteiger partial charge in [0, 0.05) is 11.8 Å². The number of amides is 1. The second-order valence-electron chi connectivity index (χ2n) is 3.94. The maximum Gasteiger partial charge on any atom is 0.241 e. The molecule has 0 saturated carbocycles. The highest BCUT2D eigenvalue weighted by Crippen LogP contribution is 2.32. The molecule has 1 aliphatic rings. The Morgan fingerprint density at radius 2 is 2.17 bits per heavy atom. The number of benzene rings is 1. The number of nitrogens with one attached hydrogen (secondary N) is 1. The summed E-state index contributed by atoms with van der Waals surface area (Å²) in [7, 11) is 0. The summed E-state index contributed by atoms with van der Waals surface area (Å²) in [6.45, 7) is 2.84. The third-order valence-corrected chi connectivity index (χ3v) is 2.69. The van der Waals surface area contributed by atoms with E-state index in [2.05, 4.69) is 5.32 Å². The van der Waals surface area contributed by atoms with Gasteiger partial charge in [-0.2, -0.15) is 5.26 Å². The SMILES string of the molecule is CCC(C#N)C(=O)Nc1ccc2c(c1)OCCO2. The van der Waals surface area contributed by atoms with E-state index in [0.717, 1.165) is 0 Å². The molecule has 18 heavy (non-hydrogen) atoms. The molecule has 0 saturated heterocycles. The van der Waals surface area contributed by atoms with Crippen LogP contribution in [-0.4, -0.2) is 19.1 Å². The number of carbonyl (C=O) groups excluding carboxylic acids is 1. The molecule has 5 heteroatoms. The van der Waals surface area contributed by atoms with E-state index in [0.29, 0.717) is 36.8 Å². The third kappa shape index (κ3) is 2.54. The van der Waals surface area contributed by atoms with Crippen LogP contribution in [0, 0.1) is 17.2 Å². The van der Waals surface area contributed by atoms with Crippen molar-refractivity contribution >= 4 is 11.6 Å². The Balaban J connectivity index is 2.11. The zero-order valence-corrected chi connectivity index (χ0v) is 10.1. The summed E-state index contributed by atoms with van der Waals surface area (Å²) < 4.78 is 10.8. The lowest BCUT2D eigenvalue weighted by atomic mass is 10.1. The Morgan fingerprint density at radius 3 is 2.83 bits per heavy atom. The van der Waals surface area contributed by atoms with Crippen molar-refractivity contribution in [1.29, 1.82) is 5.26 Å². The first-order chi connectivity index (χ1) is 8.74. The number of hydrogen-bond acceptors (Lipinski definition) is 4. The van der Waals surface area contributed by atoms with Gasteiger partial charge in [0.15, 0.2) is 11.5 Å². The molecule has 5 nitrogen and oxygen atoms in total. The van der Waals surface area contributed by atoms with E-state index in [-0.39, 0.29) is 5.91 Å². The molecule has 0 radical (unpaired) electrons. The molecule has 0 aliphatic carbocycles. The fourth-order valence-corrected chi connectivity index (χ4v) is 1.69. The molecule has 1 N–H and O–H groups in total. The molecular formula is C13H14N2O3. The van der Waals surface area contributed by atoms with E-state index in [1.807, 2.05) is 6.07 Å². The highest BCUT2D eigenvalue weighted by molar-refractivity contribution is 5.94. The summed E-state index contributed by atoms with van der Waals surface area (Å²) in [6.07, 6.45) is 0.493. The van der Waals surface area contributed by atoms with Crippen molar-refractivity contribution in [2.24, 2.45) is 5.92 Å². The molecule has 1 aliphatic heterocycles. The van der Waals surface area contributed by atoms with Crippen molar-refractivity contribution < 1.29 is 14.3 Å². The number of fused-ring (bicyclic) bond motifs is 1. The molecule has 2 rings (SSSR count). The lowest BCUT2D eigenvalue weighted by Gasteiger charge is -2.19. The lowest BCUT2D eigenvalue weighted by Crippen LogP contribution is -2.21. The fourth-order valence-electron chi connectivity index (χ4n) is 1.69. The van der Waals surface area contributed by atoms with Gasteiger partial charge in [-0.3, -0.25) is 4.79 Å². The first-order valence-electron chi connectivity index (χ1n) is 5.84. The number of rotatable bonds is 3. The van der Waals surface area contributed by atoms with Gasteiger partial charge in [-0.1, -0.05) is 6.92 Å². The van der Waals surface area contributed by atoms with Crippen LogP contribution in [0.15, 0.2) is 18.2 Å². The maximum absolute atomic E-state index is 11.7. The number of nitrogens with zero attached hydrogens (tertiary/aromatic N) is 1. The van der Waals surface area contributed by atoms with Crippen LogP contribution < -0.4 is 14.8 Å². The van der Waals surface area contributed by atoms with Gasteiger partial charge >= 0.3 is 0 Å². The minimum Gasteiger partial charge on any atom is -0.486 e. The molecule has 1 heterocycles. The smallest absolute Gasteiger partial charge is 0.241 e. The van der Waals surface area contributed by atoms with Crippen LogP contribution in [0.25, 0.3) is 0 Å². The van der Waals surface area contributed by atoms with Gasteiger partial charge in [0.25, 0.3) is 0 Å². The van der Waals surface area contributed by atoms with Gasteiger partial charge in [0.2, 0.25) is 5.91 Å². The van der Waals surface area contributed by atoms with E-state index >= 15 is 0 Å². The largest absolute Gasteiger partial charge is 0.486 e. The quantitative estimate of drug-likeness (QED) is 0.884. The highest BCUT2D eigenvalue weighted by Gasteiger charge is 2.17. The molecule has 94 valence electrons. The van der Waals surface area contributed by atoms with Crippen LogP contribution in [-0.2, 0) is 4.79 Å². The van der Waals surface area contributed by atoms with E-state index < -0.39 is 5.92 Å². The van der Waals surface area contributed by atoms with Crippen molar-refractivity contribution in [3.8, 4) is 17.6 Å². The predicted molar refractivity (Wildman–Crippen MR) is 65.5 cm³/mol. The Morgan fingerprint density at radius 1 is 1.44 bits per heavy atom. The Kier molecular flexibility index (Phi) is 3.68. The van der Waals surface area contributed by atoms with Gasteiger partial charge in [-0.05, 0) is 18.6 Å². The van der Waals surface area contributed by atoms with Gasteiger partial charge in [-0.25, -0.2) is 0 Å². The lowest BCUT2D eigenvalue weighted by molar-refractivity contribution is -0.118. The number of nitriles is 1. The molecule has 0 aromatic heterocycles. The van der Waals surface area contributed by atoms with Crippen molar-refractivity contribution in [3.63, 3.8) is 0 Å². The average Bonchev–Trinajstić information content (AvgIpc) is 2.40. The Hall–Kier alpha value is -2.22. The minimum atomic E-state index is -0.627. The zero-order valence-electron chi connectivity index (χ0n) is 10.1. The minimum absolute atomic E-state index is 0.295. The van der Waals surface area contributed by atoms with Gasteiger partial charge in [0.05, 0.1) is 6.07 Å².